The number of hydrogen-bond donors (Lipinski definition) is 1. The van der Waals surface area contributed by atoms with Crippen molar-refractivity contribution in [3.8, 4) is 16.9 Å². The first-order valence-corrected chi connectivity index (χ1v) is 13.5. The van der Waals surface area contributed by atoms with Gasteiger partial charge in [-0.05, 0) is 59.7 Å². The Balaban J connectivity index is 1.70. The molecular weight excluding hydrogens is 462 g/mol. The highest BCUT2D eigenvalue weighted by atomic mass is 32.2. The number of aryl methyl sites for hydroxylation is 1. The Morgan fingerprint density at radius 2 is 1.29 bits per heavy atom. The third-order valence-electron chi connectivity index (χ3n) is 5.82. The number of benzene rings is 3. The van der Waals surface area contributed by atoms with Crippen LogP contribution in [0.1, 0.15) is 43.4 Å². The molecule has 0 saturated heterocycles. The number of carbonyl (C=O) groups is 1. The number of nitrogens with zero attached hydrogens (tertiary/aromatic N) is 1. The number of rotatable bonds is 13. The summed E-state index contributed by atoms with van der Waals surface area (Å²) in [6.07, 6.45) is 3.46. The molecule has 0 amide bonds. The van der Waals surface area contributed by atoms with Crippen molar-refractivity contribution in [2.45, 2.75) is 46.2 Å². The van der Waals surface area contributed by atoms with Crippen LogP contribution in [0.3, 0.4) is 0 Å². The van der Waals surface area contributed by atoms with Crippen LogP contribution >= 0.6 is 0 Å². The van der Waals surface area contributed by atoms with Gasteiger partial charge in [-0.1, -0.05) is 74.0 Å². The molecule has 0 saturated carbocycles. The van der Waals surface area contributed by atoms with Gasteiger partial charge < -0.3 is 9.84 Å². The minimum absolute atomic E-state index is 0.00920. The Morgan fingerprint density at radius 1 is 0.800 bits per heavy atom. The largest absolute Gasteiger partial charge is 0.482 e. The summed E-state index contributed by atoms with van der Waals surface area (Å²) in [6, 6.07) is 23.4. The summed E-state index contributed by atoms with van der Waals surface area (Å²) in [7, 11) is -3.44. The molecule has 0 aliphatic rings. The molecule has 0 heterocycles. The van der Waals surface area contributed by atoms with Gasteiger partial charge in [-0.25, -0.2) is 13.2 Å². The Labute approximate surface area is 208 Å². The van der Waals surface area contributed by atoms with Crippen molar-refractivity contribution in [1.29, 1.82) is 0 Å². The van der Waals surface area contributed by atoms with Crippen LogP contribution in [0.25, 0.3) is 11.1 Å². The first-order chi connectivity index (χ1) is 16.8. The fourth-order valence-corrected chi connectivity index (χ4v) is 4.78. The fraction of sp³-hybridized carbons (Fsp3) is 0.321. The molecule has 3 rings (SSSR count). The first kappa shape index (κ1) is 26.4. The third-order valence-corrected chi connectivity index (χ3v) is 7.60. The monoisotopic (exact) mass is 495 g/mol. The first-order valence-electron chi connectivity index (χ1n) is 11.9. The molecule has 3 aromatic carbocycles. The minimum atomic E-state index is -3.44. The van der Waals surface area contributed by atoms with Crippen molar-refractivity contribution in [2.24, 2.45) is 0 Å². The van der Waals surface area contributed by atoms with E-state index in [1.54, 1.807) is 31.2 Å². The third kappa shape index (κ3) is 7.94. The summed E-state index contributed by atoms with van der Waals surface area (Å²) in [5, 5.41) is 8.73. The number of carboxylic acids is 1. The number of sulfonamides is 1. The van der Waals surface area contributed by atoms with Crippen LogP contribution in [0.2, 0.25) is 0 Å². The molecule has 0 atom stereocenters. The van der Waals surface area contributed by atoms with E-state index < -0.39 is 22.6 Å². The lowest BCUT2D eigenvalue weighted by Gasteiger charge is -2.22. The van der Waals surface area contributed by atoms with Crippen LogP contribution in [0, 0.1) is 0 Å². The molecule has 35 heavy (non-hydrogen) atoms. The highest BCUT2D eigenvalue weighted by Gasteiger charge is 2.21. The number of aliphatic carboxylic acids is 1. The molecule has 0 fully saturated rings. The number of carboxylic acid groups (broad SMARTS) is 1. The van der Waals surface area contributed by atoms with Gasteiger partial charge >= 0.3 is 5.97 Å². The molecule has 186 valence electrons. The average molecular weight is 496 g/mol. The molecular formula is C28H33NO5S. The van der Waals surface area contributed by atoms with Gasteiger partial charge in [-0.3, -0.25) is 0 Å². The number of hydrogen-bond acceptors (Lipinski definition) is 4. The van der Waals surface area contributed by atoms with Gasteiger partial charge in [-0.15, -0.1) is 0 Å². The summed E-state index contributed by atoms with van der Waals surface area (Å²) in [5.74, 6) is -0.616. The summed E-state index contributed by atoms with van der Waals surface area (Å²) in [5.41, 5.74) is 5.28. The maximum absolute atomic E-state index is 12.8. The molecule has 3 aromatic rings. The van der Waals surface area contributed by atoms with E-state index in [0.717, 1.165) is 28.7 Å². The lowest BCUT2D eigenvalue weighted by molar-refractivity contribution is -0.139. The highest BCUT2D eigenvalue weighted by Crippen LogP contribution is 2.23. The normalized spacial score (nSPS) is 11.5. The van der Waals surface area contributed by atoms with Gasteiger partial charge in [0.2, 0.25) is 10.0 Å². The number of unbranched alkanes of at least 4 members (excludes halogenated alkanes) is 1. The van der Waals surface area contributed by atoms with Gasteiger partial charge in [0.1, 0.15) is 5.75 Å². The van der Waals surface area contributed by atoms with Gasteiger partial charge in [0, 0.05) is 13.1 Å². The second kappa shape index (κ2) is 12.5. The number of ether oxygens (including phenoxy) is 1. The van der Waals surface area contributed by atoms with Gasteiger partial charge in [0.15, 0.2) is 6.61 Å². The van der Waals surface area contributed by atoms with Crippen molar-refractivity contribution in [3.05, 3.63) is 89.5 Å². The van der Waals surface area contributed by atoms with Crippen molar-refractivity contribution in [2.75, 3.05) is 12.4 Å². The zero-order valence-electron chi connectivity index (χ0n) is 20.3. The van der Waals surface area contributed by atoms with Crippen LogP contribution in [0.15, 0.2) is 72.8 Å². The molecule has 6 nitrogen and oxygen atoms in total. The molecule has 0 aromatic heterocycles. The van der Waals surface area contributed by atoms with Crippen molar-refractivity contribution in [1.82, 2.24) is 4.31 Å². The zero-order chi connectivity index (χ0) is 25.3. The molecule has 0 unspecified atom stereocenters. The molecule has 0 radical (unpaired) electrons. The molecule has 0 spiro atoms. The summed E-state index contributed by atoms with van der Waals surface area (Å²) in [6.45, 7) is 3.89. The summed E-state index contributed by atoms with van der Waals surface area (Å²) < 4.78 is 32.2. The van der Waals surface area contributed by atoms with Crippen LogP contribution in [-0.2, 0) is 34.3 Å². The van der Waals surface area contributed by atoms with E-state index in [1.807, 2.05) is 24.3 Å². The SMILES string of the molecule is CCCCc1ccc(-c2ccc(CN(Cc3ccc(OCC(=O)O)cc3)S(=O)(=O)CC)cc2)cc1. The Morgan fingerprint density at radius 3 is 1.74 bits per heavy atom. The Hall–Kier alpha value is -3.16. The van der Waals surface area contributed by atoms with E-state index in [4.69, 9.17) is 9.84 Å². The topological polar surface area (TPSA) is 83.9 Å². The maximum Gasteiger partial charge on any atom is 0.341 e. The van der Waals surface area contributed by atoms with E-state index in [0.29, 0.717) is 5.75 Å². The van der Waals surface area contributed by atoms with Crippen molar-refractivity contribution in [3.63, 3.8) is 0 Å². The van der Waals surface area contributed by atoms with E-state index in [2.05, 4.69) is 31.2 Å². The van der Waals surface area contributed by atoms with Gasteiger partial charge in [-0.2, -0.15) is 4.31 Å². The van der Waals surface area contributed by atoms with Crippen molar-refractivity contribution >= 4 is 16.0 Å². The van der Waals surface area contributed by atoms with E-state index in [-0.39, 0.29) is 18.8 Å². The highest BCUT2D eigenvalue weighted by molar-refractivity contribution is 7.89. The molecule has 0 bridgehead atoms. The Bertz CT molecular complexity index is 1190. The summed E-state index contributed by atoms with van der Waals surface area (Å²) >= 11 is 0. The van der Waals surface area contributed by atoms with Crippen LogP contribution < -0.4 is 4.74 Å². The van der Waals surface area contributed by atoms with Crippen LogP contribution in [0.5, 0.6) is 5.75 Å². The molecule has 7 heteroatoms. The quantitative estimate of drug-likeness (QED) is 0.338. The van der Waals surface area contributed by atoms with Crippen molar-refractivity contribution < 1.29 is 23.1 Å². The summed E-state index contributed by atoms with van der Waals surface area (Å²) in [4.78, 5) is 10.7. The molecule has 0 aliphatic heterocycles. The van der Waals surface area contributed by atoms with Crippen LogP contribution in [0.4, 0.5) is 0 Å². The second-order valence-corrected chi connectivity index (χ2v) is 10.7. The average Bonchev–Trinajstić information content (AvgIpc) is 2.87. The zero-order valence-corrected chi connectivity index (χ0v) is 21.1. The lowest BCUT2D eigenvalue weighted by atomic mass is 10.0. The fourth-order valence-electron chi connectivity index (χ4n) is 3.73. The lowest BCUT2D eigenvalue weighted by Crippen LogP contribution is -2.31. The predicted molar refractivity (Wildman–Crippen MR) is 139 cm³/mol. The Kier molecular flexibility index (Phi) is 9.46. The predicted octanol–water partition coefficient (Wildman–Crippen LogP) is 5.51. The molecule has 0 aliphatic carbocycles. The maximum atomic E-state index is 12.8. The standard InChI is InChI=1S/C28H33NO5S/c1-3-5-6-22-7-13-25(14-8-22)26-15-9-23(10-16-26)19-29(35(32,33)4-2)20-24-11-17-27(18-12-24)34-21-28(30)31/h7-18H,3-6,19-21H2,1-2H3,(H,30,31). The van der Waals surface area contributed by atoms with E-state index in [9.17, 15) is 13.2 Å². The smallest absolute Gasteiger partial charge is 0.341 e. The van der Waals surface area contributed by atoms with E-state index >= 15 is 0 Å². The molecule has 1 N–H and O–H groups in total. The van der Waals surface area contributed by atoms with Gasteiger partial charge in [0.05, 0.1) is 5.75 Å². The minimum Gasteiger partial charge on any atom is -0.482 e. The van der Waals surface area contributed by atoms with Crippen LogP contribution in [-0.4, -0.2) is 36.2 Å². The van der Waals surface area contributed by atoms with Gasteiger partial charge in [0.25, 0.3) is 0 Å². The van der Waals surface area contributed by atoms with E-state index in [1.165, 1.54) is 22.7 Å². The second-order valence-electron chi connectivity index (χ2n) is 8.49.